The Hall–Kier alpha value is -1.98. The molecule has 0 radical (unpaired) electrons. The maximum atomic E-state index is 12.1. The van der Waals surface area contributed by atoms with E-state index in [1.807, 2.05) is 0 Å². The first-order chi connectivity index (χ1) is 10.5. The molecule has 0 saturated heterocycles. The standard InChI is InChI=1S/C16H11BrClNO3/c1-10(15(20)11-6-8-12(17)9-7-11)19-22-16(21)13-4-2-3-5-14(13)18/h2-9H,1H3/b19-10-. The second kappa shape index (κ2) is 7.33. The molecular formula is C16H11BrClNO3. The van der Waals surface area contributed by atoms with Crippen molar-refractivity contribution in [1.82, 2.24) is 0 Å². The van der Waals surface area contributed by atoms with Gasteiger partial charge in [-0.3, -0.25) is 4.79 Å². The van der Waals surface area contributed by atoms with Crippen LogP contribution in [-0.4, -0.2) is 17.5 Å². The number of ketones is 1. The molecule has 0 aliphatic heterocycles. The van der Waals surface area contributed by atoms with Crippen molar-refractivity contribution in [2.24, 2.45) is 5.16 Å². The van der Waals surface area contributed by atoms with Gasteiger partial charge in [0, 0.05) is 10.0 Å². The fraction of sp³-hybridized carbons (Fsp3) is 0.0625. The fourth-order valence-corrected chi connectivity index (χ4v) is 2.11. The number of nitrogens with zero attached hydrogens (tertiary/aromatic N) is 1. The molecule has 2 aromatic carbocycles. The number of benzene rings is 2. The first kappa shape index (κ1) is 16.4. The van der Waals surface area contributed by atoms with Gasteiger partial charge in [-0.25, -0.2) is 4.79 Å². The summed E-state index contributed by atoms with van der Waals surface area (Å²) in [5.41, 5.74) is 0.720. The molecule has 2 aromatic rings. The van der Waals surface area contributed by atoms with E-state index in [2.05, 4.69) is 21.1 Å². The van der Waals surface area contributed by atoms with Crippen molar-refractivity contribution < 1.29 is 14.4 Å². The average Bonchev–Trinajstić information content (AvgIpc) is 2.52. The largest absolute Gasteiger partial charge is 0.367 e. The number of carbonyl (C=O) groups excluding carboxylic acids is 2. The number of carbonyl (C=O) groups is 2. The molecule has 0 amide bonds. The van der Waals surface area contributed by atoms with Crippen LogP contribution in [0.15, 0.2) is 58.2 Å². The van der Waals surface area contributed by atoms with Gasteiger partial charge in [0.1, 0.15) is 5.71 Å². The van der Waals surface area contributed by atoms with Crippen molar-refractivity contribution in [3.05, 3.63) is 69.2 Å². The SMILES string of the molecule is C/C(=N/OC(=O)c1ccccc1Cl)C(=O)c1ccc(Br)cc1. The summed E-state index contributed by atoms with van der Waals surface area (Å²) in [4.78, 5) is 28.7. The average molecular weight is 381 g/mol. The van der Waals surface area contributed by atoms with Gasteiger partial charge in [0.25, 0.3) is 0 Å². The number of rotatable bonds is 4. The Morgan fingerprint density at radius 3 is 2.36 bits per heavy atom. The van der Waals surface area contributed by atoms with Crippen LogP contribution in [0.2, 0.25) is 5.02 Å². The Kier molecular flexibility index (Phi) is 5.46. The van der Waals surface area contributed by atoms with Crippen LogP contribution >= 0.6 is 27.5 Å². The molecule has 22 heavy (non-hydrogen) atoms. The number of Topliss-reactive ketones (excluding diaryl/α,β-unsaturated/α-hetero) is 1. The number of oxime groups is 1. The van der Waals surface area contributed by atoms with Gasteiger partial charge in [-0.2, -0.15) is 0 Å². The molecule has 0 saturated carbocycles. The summed E-state index contributed by atoms with van der Waals surface area (Å²) < 4.78 is 0.865. The highest BCUT2D eigenvalue weighted by Crippen LogP contribution is 2.16. The molecule has 0 N–H and O–H groups in total. The lowest BCUT2D eigenvalue weighted by molar-refractivity contribution is 0.0515. The lowest BCUT2D eigenvalue weighted by atomic mass is 10.1. The number of hydrogen-bond acceptors (Lipinski definition) is 4. The fourth-order valence-electron chi connectivity index (χ4n) is 1.64. The van der Waals surface area contributed by atoms with E-state index in [0.29, 0.717) is 5.56 Å². The zero-order valence-electron chi connectivity index (χ0n) is 11.5. The number of hydrogen-bond donors (Lipinski definition) is 0. The summed E-state index contributed by atoms with van der Waals surface area (Å²) in [7, 11) is 0. The van der Waals surface area contributed by atoms with Crippen LogP contribution in [-0.2, 0) is 4.84 Å². The summed E-state index contributed by atoms with van der Waals surface area (Å²) >= 11 is 9.18. The first-order valence-electron chi connectivity index (χ1n) is 6.30. The van der Waals surface area contributed by atoms with Gasteiger partial charge in [0.05, 0.1) is 10.6 Å². The third-order valence-corrected chi connectivity index (χ3v) is 3.65. The van der Waals surface area contributed by atoms with Gasteiger partial charge in [-0.05, 0) is 43.3 Å². The molecule has 0 spiro atoms. The van der Waals surface area contributed by atoms with Crippen molar-refractivity contribution in [2.45, 2.75) is 6.92 Å². The van der Waals surface area contributed by atoms with Crippen LogP contribution in [0.4, 0.5) is 0 Å². The lowest BCUT2D eigenvalue weighted by Crippen LogP contribution is -2.12. The Morgan fingerprint density at radius 1 is 1.09 bits per heavy atom. The Bertz CT molecular complexity index is 741. The van der Waals surface area contributed by atoms with E-state index >= 15 is 0 Å². The smallest absolute Gasteiger partial charge is 0.312 e. The van der Waals surface area contributed by atoms with Gasteiger partial charge in [-0.1, -0.05) is 44.8 Å². The normalized spacial score (nSPS) is 11.1. The van der Waals surface area contributed by atoms with Gasteiger partial charge >= 0.3 is 5.97 Å². The number of halogens is 2. The molecule has 0 aliphatic carbocycles. The van der Waals surface area contributed by atoms with E-state index in [0.717, 1.165) is 4.47 Å². The van der Waals surface area contributed by atoms with E-state index in [1.165, 1.54) is 13.0 Å². The Morgan fingerprint density at radius 2 is 1.73 bits per heavy atom. The maximum Gasteiger partial charge on any atom is 0.367 e. The highest BCUT2D eigenvalue weighted by molar-refractivity contribution is 9.10. The zero-order valence-corrected chi connectivity index (χ0v) is 13.9. The zero-order chi connectivity index (χ0) is 16.1. The second-order valence-corrected chi connectivity index (χ2v) is 5.69. The molecule has 2 rings (SSSR count). The Balaban J connectivity index is 2.09. The van der Waals surface area contributed by atoms with Crippen LogP contribution in [0.25, 0.3) is 0 Å². The summed E-state index contributed by atoms with van der Waals surface area (Å²) in [6.45, 7) is 1.48. The minimum absolute atomic E-state index is 0.0720. The predicted octanol–water partition coefficient (Wildman–Crippen LogP) is 4.52. The lowest BCUT2D eigenvalue weighted by Gasteiger charge is -2.02. The van der Waals surface area contributed by atoms with E-state index in [-0.39, 0.29) is 22.1 Å². The van der Waals surface area contributed by atoms with E-state index < -0.39 is 5.97 Å². The van der Waals surface area contributed by atoms with E-state index in [4.69, 9.17) is 16.4 Å². The molecule has 0 atom stereocenters. The minimum Gasteiger partial charge on any atom is -0.312 e. The highest BCUT2D eigenvalue weighted by atomic mass is 79.9. The highest BCUT2D eigenvalue weighted by Gasteiger charge is 2.14. The van der Waals surface area contributed by atoms with Crippen LogP contribution in [0.1, 0.15) is 27.6 Å². The van der Waals surface area contributed by atoms with Crippen molar-refractivity contribution in [2.75, 3.05) is 0 Å². The summed E-state index contributed by atoms with van der Waals surface area (Å²) in [6, 6.07) is 13.2. The molecular weight excluding hydrogens is 370 g/mol. The monoisotopic (exact) mass is 379 g/mol. The first-order valence-corrected chi connectivity index (χ1v) is 7.47. The molecule has 0 unspecified atom stereocenters. The topological polar surface area (TPSA) is 55.7 Å². The van der Waals surface area contributed by atoms with Crippen LogP contribution in [0.3, 0.4) is 0 Å². The van der Waals surface area contributed by atoms with Crippen LogP contribution in [0.5, 0.6) is 0 Å². The van der Waals surface area contributed by atoms with Crippen molar-refractivity contribution >= 4 is 45.0 Å². The van der Waals surface area contributed by atoms with Gasteiger partial charge < -0.3 is 4.84 Å². The third kappa shape index (κ3) is 4.02. The Labute approximate surface area is 140 Å². The van der Waals surface area contributed by atoms with E-state index in [9.17, 15) is 9.59 Å². The van der Waals surface area contributed by atoms with Crippen LogP contribution in [0, 0.1) is 0 Å². The molecule has 0 aromatic heterocycles. The minimum atomic E-state index is -0.714. The van der Waals surface area contributed by atoms with Crippen molar-refractivity contribution in [3.8, 4) is 0 Å². The molecule has 0 bridgehead atoms. The van der Waals surface area contributed by atoms with Gasteiger partial charge in [-0.15, -0.1) is 0 Å². The molecule has 112 valence electrons. The second-order valence-electron chi connectivity index (χ2n) is 4.37. The van der Waals surface area contributed by atoms with Gasteiger partial charge in [0.2, 0.25) is 5.78 Å². The van der Waals surface area contributed by atoms with Crippen LogP contribution < -0.4 is 0 Å². The summed E-state index contributed by atoms with van der Waals surface area (Å²) in [5.74, 6) is -1.03. The summed E-state index contributed by atoms with van der Waals surface area (Å²) in [6.07, 6.45) is 0. The quantitative estimate of drug-likeness (QED) is 0.339. The molecule has 0 heterocycles. The molecule has 0 aliphatic rings. The van der Waals surface area contributed by atoms with E-state index in [1.54, 1.807) is 42.5 Å². The van der Waals surface area contributed by atoms with Gasteiger partial charge in [0.15, 0.2) is 0 Å². The predicted molar refractivity (Wildman–Crippen MR) is 88.4 cm³/mol. The maximum absolute atomic E-state index is 12.1. The molecule has 6 heteroatoms. The third-order valence-electron chi connectivity index (χ3n) is 2.79. The molecule has 0 fully saturated rings. The van der Waals surface area contributed by atoms with Crippen molar-refractivity contribution in [1.29, 1.82) is 0 Å². The van der Waals surface area contributed by atoms with Crippen molar-refractivity contribution in [3.63, 3.8) is 0 Å². The molecule has 4 nitrogen and oxygen atoms in total. The summed E-state index contributed by atoms with van der Waals surface area (Å²) in [5, 5.41) is 3.85.